The average Bonchev–Trinajstić information content (AvgIpc) is 2.65. The molecule has 0 spiro atoms. The van der Waals surface area contributed by atoms with Crippen molar-refractivity contribution in [1.29, 1.82) is 0 Å². The van der Waals surface area contributed by atoms with Crippen LogP contribution >= 0.6 is 39.7 Å². The SMILES string of the molecule is Cc1cc(Br)c(-n2c(C(C)(C)C)c[nH]c2=S)cc1Cl. The molecule has 0 radical (unpaired) electrons. The number of aryl methyl sites for hydroxylation is 1. The zero-order chi connectivity index (χ0) is 14.4. The lowest BCUT2D eigenvalue weighted by Gasteiger charge is -2.21. The number of imidazole rings is 1. The van der Waals surface area contributed by atoms with Crippen molar-refractivity contribution in [2.75, 3.05) is 0 Å². The Labute approximate surface area is 131 Å². The van der Waals surface area contributed by atoms with Gasteiger partial charge in [-0.2, -0.15) is 0 Å². The molecule has 5 heteroatoms. The second kappa shape index (κ2) is 5.08. The molecule has 1 N–H and O–H groups in total. The van der Waals surface area contributed by atoms with Gasteiger partial charge >= 0.3 is 0 Å². The van der Waals surface area contributed by atoms with Gasteiger partial charge in [-0.05, 0) is 52.8 Å². The third-order valence-corrected chi connectivity index (χ3v) is 4.36. The Balaban J connectivity index is 2.76. The first-order valence-electron chi connectivity index (χ1n) is 5.98. The van der Waals surface area contributed by atoms with E-state index in [1.807, 2.05) is 29.8 Å². The normalized spacial score (nSPS) is 11.9. The van der Waals surface area contributed by atoms with E-state index in [9.17, 15) is 0 Å². The molecule has 0 bridgehead atoms. The number of rotatable bonds is 1. The van der Waals surface area contributed by atoms with E-state index in [0.29, 0.717) is 4.77 Å². The van der Waals surface area contributed by atoms with Gasteiger partial charge in [-0.1, -0.05) is 32.4 Å². The van der Waals surface area contributed by atoms with E-state index in [1.54, 1.807) is 0 Å². The Morgan fingerprint density at radius 3 is 2.53 bits per heavy atom. The fraction of sp³-hybridized carbons (Fsp3) is 0.357. The number of H-pyrrole nitrogens is 1. The molecule has 0 unspecified atom stereocenters. The van der Waals surface area contributed by atoms with Crippen LogP contribution in [0, 0.1) is 11.7 Å². The Bertz CT molecular complexity index is 680. The second-order valence-corrected chi connectivity index (χ2v) is 7.27. The molecule has 1 aromatic heterocycles. The molecule has 0 atom stereocenters. The number of nitrogens with one attached hydrogen (secondary N) is 1. The van der Waals surface area contributed by atoms with Gasteiger partial charge in [0.1, 0.15) is 0 Å². The largest absolute Gasteiger partial charge is 0.337 e. The van der Waals surface area contributed by atoms with E-state index < -0.39 is 0 Å². The molecule has 0 aliphatic carbocycles. The van der Waals surface area contributed by atoms with Crippen molar-refractivity contribution < 1.29 is 0 Å². The van der Waals surface area contributed by atoms with E-state index in [-0.39, 0.29) is 5.41 Å². The van der Waals surface area contributed by atoms with Gasteiger partial charge in [0.15, 0.2) is 4.77 Å². The van der Waals surface area contributed by atoms with Crippen LogP contribution in [0.1, 0.15) is 32.0 Å². The third-order valence-electron chi connectivity index (χ3n) is 3.01. The predicted octanol–water partition coefficient (Wildman–Crippen LogP) is 5.56. The fourth-order valence-electron chi connectivity index (χ4n) is 1.97. The highest BCUT2D eigenvalue weighted by atomic mass is 79.9. The van der Waals surface area contributed by atoms with Crippen molar-refractivity contribution in [3.05, 3.63) is 43.9 Å². The maximum atomic E-state index is 6.24. The molecule has 2 nitrogen and oxygen atoms in total. The van der Waals surface area contributed by atoms with Gasteiger partial charge < -0.3 is 4.98 Å². The van der Waals surface area contributed by atoms with Crippen LogP contribution in [0.3, 0.4) is 0 Å². The number of hydrogen-bond donors (Lipinski definition) is 1. The van der Waals surface area contributed by atoms with Crippen LogP contribution < -0.4 is 0 Å². The number of nitrogens with zero attached hydrogens (tertiary/aromatic N) is 1. The molecule has 102 valence electrons. The lowest BCUT2D eigenvalue weighted by molar-refractivity contribution is 0.555. The summed E-state index contributed by atoms with van der Waals surface area (Å²) >= 11 is 15.2. The molecule has 2 aromatic rings. The average molecular weight is 360 g/mol. The molecule has 0 fully saturated rings. The fourth-order valence-corrected chi connectivity index (χ4v) is 3.02. The van der Waals surface area contributed by atoms with Crippen LogP contribution in [0.5, 0.6) is 0 Å². The highest BCUT2D eigenvalue weighted by Gasteiger charge is 2.21. The standard InChI is InChI=1S/C14H16BrClN2S/c1-8-5-9(15)11(6-10(8)16)18-12(14(2,3)4)7-17-13(18)19/h5-7H,1-4H3,(H,17,19). The van der Waals surface area contributed by atoms with E-state index >= 15 is 0 Å². The van der Waals surface area contributed by atoms with Gasteiger partial charge in [-0.25, -0.2) is 0 Å². The van der Waals surface area contributed by atoms with Crippen molar-refractivity contribution >= 4 is 39.7 Å². The Hall–Kier alpha value is -0.580. The zero-order valence-electron chi connectivity index (χ0n) is 11.3. The minimum atomic E-state index is -0.00956. The summed E-state index contributed by atoms with van der Waals surface area (Å²) in [4.78, 5) is 3.12. The van der Waals surface area contributed by atoms with Gasteiger partial charge in [0, 0.05) is 26.8 Å². The monoisotopic (exact) mass is 358 g/mol. The van der Waals surface area contributed by atoms with Crippen molar-refractivity contribution in [2.45, 2.75) is 33.1 Å². The number of hydrogen-bond acceptors (Lipinski definition) is 1. The van der Waals surface area contributed by atoms with Crippen LogP contribution in [0.25, 0.3) is 5.69 Å². The molecule has 1 aromatic carbocycles. The molecule has 0 saturated heterocycles. The number of halogens is 2. The van der Waals surface area contributed by atoms with Crippen LogP contribution in [-0.4, -0.2) is 9.55 Å². The maximum absolute atomic E-state index is 6.24. The molecular formula is C14H16BrClN2S. The Morgan fingerprint density at radius 1 is 1.32 bits per heavy atom. The van der Waals surface area contributed by atoms with Crippen LogP contribution in [0.15, 0.2) is 22.8 Å². The summed E-state index contributed by atoms with van der Waals surface area (Å²) in [6.45, 7) is 8.46. The quantitative estimate of drug-likeness (QED) is 0.661. The summed E-state index contributed by atoms with van der Waals surface area (Å²) in [5.41, 5.74) is 3.12. The molecule has 1 heterocycles. The predicted molar refractivity (Wildman–Crippen MR) is 87.1 cm³/mol. The van der Waals surface area contributed by atoms with E-state index in [4.69, 9.17) is 23.8 Å². The summed E-state index contributed by atoms with van der Waals surface area (Å²) in [6.07, 6.45) is 1.96. The van der Waals surface area contributed by atoms with E-state index in [2.05, 4.69) is 41.7 Å². The number of aromatic nitrogens is 2. The summed E-state index contributed by atoms with van der Waals surface area (Å²) in [6, 6.07) is 3.96. The first-order valence-corrected chi connectivity index (χ1v) is 7.56. The highest BCUT2D eigenvalue weighted by molar-refractivity contribution is 9.10. The maximum Gasteiger partial charge on any atom is 0.182 e. The molecule has 2 rings (SSSR count). The smallest absolute Gasteiger partial charge is 0.182 e. The molecule has 0 saturated carbocycles. The zero-order valence-corrected chi connectivity index (χ0v) is 14.5. The number of benzene rings is 1. The molecule has 0 amide bonds. The second-order valence-electron chi connectivity index (χ2n) is 5.62. The molecule has 0 aliphatic rings. The van der Waals surface area contributed by atoms with E-state index in [0.717, 1.165) is 26.4 Å². The van der Waals surface area contributed by atoms with Gasteiger partial charge in [-0.15, -0.1) is 0 Å². The van der Waals surface area contributed by atoms with Crippen LogP contribution in [-0.2, 0) is 5.41 Å². The summed E-state index contributed by atoms with van der Waals surface area (Å²) in [7, 11) is 0. The molecular weight excluding hydrogens is 344 g/mol. The van der Waals surface area contributed by atoms with Gasteiger partial charge in [0.25, 0.3) is 0 Å². The topological polar surface area (TPSA) is 20.7 Å². The van der Waals surface area contributed by atoms with Crippen molar-refractivity contribution in [1.82, 2.24) is 9.55 Å². The third kappa shape index (κ3) is 2.81. The summed E-state index contributed by atoms with van der Waals surface area (Å²) in [5, 5.41) is 0.737. The summed E-state index contributed by atoms with van der Waals surface area (Å²) in [5.74, 6) is 0. The Morgan fingerprint density at radius 2 is 1.95 bits per heavy atom. The minimum absolute atomic E-state index is 0.00956. The number of aromatic amines is 1. The van der Waals surface area contributed by atoms with Gasteiger partial charge in [0.2, 0.25) is 0 Å². The molecule has 19 heavy (non-hydrogen) atoms. The Kier molecular flexibility index (Phi) is 3.96. The lowest BCUT2D eigenvalue weighted by atomic mass is 9.92. The first kappa shape index (κ1) is 14.8. The van der Waals surface area contributed by atoms with E-state index in [1.165, 1.54) is 0 Å². The van der Waals surface area contributed by atoms with Crippen LogP contribution in [0.2, 0.25) is 5.02 Å². The minimum Gasteiger partial charge on any atom is -0.337 e. The molecule has 0 aliphatic heterocycles. The van der Waals surface area contributed by atoms with Crippen molar-refractivity contribution in [2.24, 2.45) is 0 Å². The highest BCUT2D eigenvalue weighted by Crippen LogP contribution is 2.32. The van der Waals surface area contributed by atoms with Crippen LogP contribution in [0.4, 0.5) is 0 Å². The summed E-state index contributed by atoms with van der Waals surface area (Å²) < 4.78 is 3.69. The van der Waals surface area contributed by atoms with Gasteiger partial charge in [-0.3, -0.25) is 4.57 Å². The lowest BCUT2D eigenvalue weighted by Crippen LogP contribution is -2.17. The van der Waals surface area contributed by atoms with Gasteiger partial charge in [0.05, 0.1) is 5.69 Å². The first-order chi connectivity index (χ1) is 8.71. The van der Waals surface area contributed by atoms with Crippen molar-refractivity contribution in [3.8, 4) is 5.69 Å². The van der Waals surface area contributed by atoms with Crippen molar-refractivity contribution in [3.63, 3.8) is 0 Å².